The summed E-state index contributed by atoms with van der Waals surface area (Å²) in [6.45, 7) is 11.8. The van der Waals surface area contributed by atoms with Crippen molar-refractivity contribution in [2.45, 2.75) is 72.4 Å². The Morgan fingerprint density at radius 3 is 2.50 bits per heavy atom. The monoisotopic (exact) mass is 342 g/mol. The molecule has 1 aromatic heterocycles. The van der Waals surface area contributed by atoms with Crippen LogP contribution in [0, 0.1) is 11.3 Å². The fourth-order valence-electron chi connectivity index (χ4n) is 3.81. The normalized spacial score (nSPS) is 29.1. The molecule has 1 aliphatic carbocycles. The maximum atomic E-state index is 11.1. The Labute approximate surface area is 130 Å². The van der Waals surface area contributed by atoms with E-state index < -0.39 is 5.60 Å². The van der Waals surface area contributed by atoms with Gasteiger partial charge in [-0.15, -0.1) is 0 Å². The van der Waals surface area contributed by atoms with E-state index in [-0.39, 0.29) is 5.41 Å². The zero-order valence-electron chi connectivity index (χ0n) is 13.3. The van der Waals surface area contributed by atoms with Gasteiger partial charge in [0, 0.05) is 13.0 Å². The summed E-state index contributed by atoms with van der Waals surface area (Å²) in [5.41, 5.74) is 1.86. The lowest BCUT2D eigenvalue weighted by Gasteiger charge is -2.29. The van der Waals surface area contributed by atoms with Gasteiger partial charge in [0.2, 0.25) is 0 Å². The van der Waals surface area contributed by atoms with Crippen molar-refractivity contribution < 1.29 is 5.11 Å². The van der Waals surface area contributed by atoms with Crippen LogP contribution >= 0.6 is 15.9 Å². The maximum absolute atomic E-state index is 11.1. The Kier molecular flexibility index (Phi) is 4.37. The van der Waals surface area contributed by atoms with Crippen LogP contribution in [-0.4, -0.2) is 20.5 Å². The van der Waals surface area contributed by atoms with Crippen molar-refractivity contribution in [1.82, 2.24) is 9.78 Å². The number of hydrogen-bond donors (Lipinski definition) is 1. The van der Waals surface area contributed by atoms with E-state index >= 15 is 0 Å². The van der Waals surface area contributed by atoms with E-state index in [9.17, 15) is 5.11 Å². The summed E-state index contributed by atoms with van der Waals surface area (Å²) in [7, 11) is 0. The summed E-state index contributed by atoms with van der Waals surface area (Å²) in [6, 6.07) is 0. The second kappa shape index (κ2) is 5.45. The molecule has 2 unspecified atom stereocenters. The molecule has 114 valence electrons. The molecule has 1 heterocycles. The van der Waals surface area contributed by atoms with Crippen molar-refractivity contribution in [1.29, 1.82) is 0 Å². The van der Waals surface area contributed by atoms with Crippen LogP contribution in [0.25, 0.3) is 0 Å². The second-order valence-corrected chi connectivity index (χ2v) is 7.90. The molecule has 0 amide bonds. The molecular weight excluding hydrogens is 316 g/mol. The Balaban J connectivity index is 2.32. The lowest BCUT2D eigenvalue weighted by Crippen LogP contribution is -2.35. The molecule has 1 aromatic rings. The average Bonchev–Trinajstić information content (AvgIpc) is 2.75. The van der Waals surface area contributed by atoms with Crippen molar-refractivity contribution in [2.75, 3.05) is 0 Å². The molecule has 0 aromatic carbocycles. The first kappa shape index (κ1) is 16.0. The number of aliphatic hydroxyl groups is 1. The number of rotatable bonds is 4. The van der Waals surface area contributed by atoms with Gasteiger partial charge in [-0.3, -0.25) is 4.68 Å². The summed E-state index contributed by atoms with van der Waals surface area (Å²) < 4.78 is 3.13. The number of halogens is 1. The Morgan fingerprint density at radius 2 is 2.05 bits per heavy atom. The molecule has 1 saturated carbocycles. The van der Waals surface area contributed by atoms with Crippen LogP contribution < -0.4 is 0 Å². The molecule has 3 nitrogen and oxygen atoms in total. The first-order valence-electron chi connectivity index (χ1n) is 7.69. The Hall–Kier alpha value is -0.350. The fraction of sp³-hybridized carbons (Fsp3) is 0.812. The maximum Gasteiger partial charge on any atom is 0.0766 e. The van der Waals surface area contributed by atoms with E-state index in [1.807, 2.05) is 4.68 Å². The molecule has 4 heteroatoms. The van der Waals surface area contributed by atoms with Crippen molar-refractivity contribution in [2.24, 2.45) is 11.3 Å². The summed E-state index contributed by atoms with van der Waals surface area (Å²) >= 11 is 3.69. The minimum Gasteiger partial charge on any atom is -0.389 e. The quantitative estimate of drug-likeness (QED) is 0.899. The van der Waals surface area contributed by atoms with Gasteiger partial charge in [0.1, 0.15) is 0 Å². The Bertz CT molecular complexity index is 495. The Morgan fingerprint density at radius 1 is 1.40 bits per heavy atom. The second-order valence-electron chi connectivity index (χ2n) is 7.10. The molecule has 0 spiro atoms. The van der Waals surface area contributed by atoms with Crippen LogP contribution in [0.15, 0.2) is 4.47 Å². The van der Waals surface area contributed by atoms with Crippen LogP contribution in [0.5, 0.6) is 0 Å². The summed E-state index contributed by atoms with van der Waals surface area (Å²) in [5, 5.41) is 15.8. The molecule has 0 aliphatic heterocycles. The van der Waals surface area contributed by atoms with Crippen LogP contribution in [0.2, 0.25) is 0 Å². The first-order valence-corrected chi connectivity index (χ1v) is 8.48. The zero-order chi connectivity index (χ0) is 15.1. The van der Waals surface area contributed by atoms with Gasteiger partial charge in [-0.05, 0) is 53.4 Å². The minimum absolute atomic E-state index is 0.227. The van der Waals surface area contributed by atoms with Gasteiger partial charge in [-0.2, -0.15) is 5.10 Å². The standard InChI is InChI=1S/C16H27BrN2O/c1-6-12-14(17)13(19(7-2)18-12)9-16(20)10-15(4,5)8-11(16)3/h11,20H,6-10H2,1-5H3. The third kappa shape index (κ3) is 2.82. The van der Waals surface area contributed by atoms with Crippen LogP contribution in [0.1, 0.15) is 58.8 Å². The highest BCUT2D eigenvalue weighted by atomic mass is 79.9. The van der Waals surface area contributed by atoms with Crippen molar-refractivity contribution in [3.63, 3.8) is 0 Å². The molecule has 0 bridgehead atoms. The van der Waals surface area contributed by atoms with Gasteiger partial charge in [-0.25, -0.2) is 0 Å². The number of nitrogens with zero attached hydrogens (tertiary/aromatic N) is 2. The molecule has 0 radical (unpaired) electrons. The first-order chi connectivity index (χ1) is 9.22. The SMILES string of the molecule is CCc1nn(CC)c(CC2(O)CC(C)(C)CC2C)c1Br. The van der Waals surface area contributed by atoms with Crippen LogP contribution in [0.4, 0.5) is 0 Å². The van der Waals surface area contributed by atoms with Gasteiger partial charge in [0.05, 0.1) is 21.5 Å². The van der Waals surface area contributed by atoms with Crippen LogP contribution in [-0.2, 0) is 19.4 Å². The minimum atomic E-state index is -0.607. The third-order valence-electron chi connectivity index (χ3n) is 4.73. The summed E-state index contributed by atoms with van der Waals surface area (Å²) in [6.07, 6.45) is 3.56. The third-order valence-corrected chi connectivity index (χ3v) is 5.64. The van der Waals surface area contributed by atoms with Crippen molar-refractivity contribution >= 4 is 15.9 Å². The predicted molar refractivity (Wildman–Crippen MR) is 85.8 cm³/mol. The highest BCUT2D eigenvalue weighted by molar-refractivity contribution is 9.10. The van der Waals surface area contributed by atoms with Gasteiger partial charge in [0.25, 0.3) is 0 Å². The molecule has 20 heavy (non-hydrogen) atoms. The highest BCUT2D eigenvalue weighted by Gasteiger charge is 2.48. The van der Waals surface area contributed by atoms with Crippen molar-refractivity contribution in [3.8, 4) is 0 Å². The van der Waals surface area contributed by atoms with Crippen LogP contribution in [0.3, 0.4) is 0 Å². The lowest BCUT2D eigenvalue weighted by atomic mass is 9.86. The molecule has 2 rings (SSSR count). The van der Waals surface area contributed by atoms with Gasteiger partial charge >= 0.3 is 0 Å². The lowest BCUT2D eigenvalue weighted by molar-refractivity contribution is 0.00254. The predicted octanol–water partition coefficient (Wildman–Crippen LogP) is 3.96. The molecule has 1 aliphatic rings. The van der Waals surface area contributed by atoms with E-state index in [2.05, 4.69) is 55.6 Å². The molecule has 1 N–H and O–H groups in total. The number of aromatic nitrogens is 2. The molecule has 0 saturated heterocycles. The topological polar surface area (TPSA) is 38.0 Å². The van der Waals surface area contributed by atoms with E-state index in [4.69, 9.17) is 0 Å². The molecular formula is C16H27BrN2O. The van der Waals surface area contributed by atoms with Gasteiger partial charge in [-0.1, -0.05) is 27.7 Å². The number of hydrogen-bond acceptors (Lipinski definition) is 2. The molecule has 2 atom stereocenters. The van der Waals surface area contributed by atoms with E-state index in [1.54, 1.807) is 0 Å². The summed E-state index contributed by atoms with van der Waals surface area (Å²) in [4.78, 5) is 0. The van der Waals surface area contributed by atoms with Crippen molar-refractivity contribution in [3.05, 3.63) is 15.9 Å². The molecule has 1 fully saturated rings. The van der Waals surface area contributed by atoms with E-state index in [0.29, 0.717) is 12.3 Å². The zero-order valence-corrected chi connectivity index (χ0v) is 14.9. The van der Waals surface area contributed by atoms with E-state index in [0.717, 1.165) is 41.7 Å². The highest BCUT2D eigenvalue weighted by Crippen LogP contribution is 2.49. The smallest absolute Gasteiger partial charge is 0.0766 e. The van der Waals surface area contributed by atoms with Gasteiger partial charge in [0.15, 0.2) is 0 Å². The van der Waals surface area contributed by atoms with E-state index in [1.165, 1.54) is 0 Å². The van der Waals surface area contributed by atoms with Gasteiger partial charge < -0.3 is 5.11 Å². The number of aryl methyl sites for hydroxylation is 2. The average molecular weight is 343 g/mol. The fourth-order valence-corrected chi connectivity index (χ4v) is 4.51. The summed E-state index contributed by atoms with van der Waals surface area (Å²) in [5.74, 6) is 0.328. The largest absolute Gasteiger partial charge is 0.389 e.